The molecule has 0 N–H and O–H groups in total. The minimum absolute atomic E-state index is 0.225. The molecule has 1 heterocycles. The second-order valence-electron chi connectivity index (χ2n) is 4.52. The van der Waals surface area contributed by atoms with Crippen molar-refractivity contribution in [3.63, 3.8) is 0 Å². The lowest BCUT2D eigenvalue weighted by Crippen LogP contribution is -2.46. The third-order valence-corrected chi connectivity index (χ3v) is 3.19. The summed E-state index contributed by atoms with van der Waals surface area (Å²) < 4.78 is 0. The standard InChI is InChI=1S/C13H12ClNO3/c1-7(2)10(11(14)16)15-12(17)8-5-3-4-6-9(8)13(15)18/h3-7,10H,1-2H3/t10-/m1/s1. The molecule has 18 heavy (non-hydrogen) atoms. The number of fused-ring (bicyclic) bond motifs is 1. The first kappa shape index (κ1) is 12.8. The first-order valence-corrected chi connectivity index (χ1v) is 5.99. The number of benzene rings is 1. The zero-order valence-electron chi connectivity index (χ0n) is 10.0. The number of nitrogens with zero attached hydrogens (tertiary/aromatic N) is 1. The Kier molecular flexibility index (Phi) is 3.22. The van der Waals surface area contributed by atoms with Crippen molar-refractivity contribution in [3.8, 4) is 0 Å². The molecule has 0 unspecified atom stereocenters. The van der Waals surface area contributed by atoms with E-state index >= 15 is 0 Å². The largest absolute Gasteiger partial charge is 0.279 e. The lowest BCUT2D eigenvalue weighted by Gasteiger charge is -2.25. The number of carbonyl (C=O) groups is 3. The van der Waals surface area contributed by atoms with Gasteiger partial charge in [-0.1, -0.05) is 26.0 Å². The maximum Gasteiger partial charge on any atom is 0.262 e. The third-order valence-electron chi connectivity index (χ3n) is 2.97. The fourth-order valence-corrected chi connectivity index (χ4v) is 2.47. The molecule has 1 aliphatic rings. The SMILES string of the molecule is CC(C)[C@H](C(=O)Cl)N1C(=O)c2ccccc2C1=O. The molecule has 0 spiro atoms. The average Bonchev–Trinajstić information content (AvgIpc) is 2.55. The Morgan fingerprint density at radius 2 is 1.56 bits per heavy atom. The lowest BCUT2D eigenvalue weighted by atomic mass is 10.0. The normalized spacial score (nSPS) is 16.1. The molecular formula is C13H12ClNO3. The Morgan fingerprint density at radius 1 is 1.11 bits per heavy atom. The summed E-state index contributed by atoms with van der Waals surface area (Å²) in [5.41, 5.74) is 0.650. The van der Waals surface area contributed by atoms with Crippen molar-refractivity contribution in [3.05, 3.63) is 35.4 Å². The third kappa shape index (κ3) is 1.82. The highest BCUT2D eigenvalue weighted by Gasteiger charge is 2.43. The van der Waals surface area contributed by atoms with Crippen molar-refractivity contribution in [1.29, 1.82) is 0 Å². The van der Waals surface area contributed by atoms with Crippen LogP contribution in [0.25, 0.3) is 0 Å². The molecule has 0 fully saturated rings. The first-order valence-electron chi connectivity index (χ1n) is 5.61. The van der Waals surface area contributed by atoms with E-state index in [0.717, 1.165) is 4.90 Å². The maximum absolute atomic E-state index is 12.2. The second-order valence-corrected chi connectivity index (χ2v) is 4.89. The monoisotopic (exact) mass is 265 g/mol. The van der Waals surface area contributed by atoms with E-state index in [1.807, 2.05) is 0 Å². The predicted octanol–water partition coefficient (Wildman–Crippen LogP) is 2.07. The van der Waals surface area contributed by atoms with Gasteiger partial charge in [-0.25, -0.2) is 0 Å². The molecule has 0 radical (unpaired) electrons. The van der Waals surface area contributed by atoms with E-state index < -0.39 is 23.1 Å². The lowest BCUT2D eigenvalue weighted by molar-refractivity contribution is -0.116. The fourth-order valence-electron chi connectivity index (χ4n) is 2.12. The van der Waals surface area contributed by atoms with Gasteiger partial charge >= 0.3 is 0 Å². The van der Waals surface area contributed by atoms with E-state index in [2.05, 4.69) is 0 Å². The fraction of sp³-hybridized carbons (Fsp3) is 0.308. The summed E-state index contributed by atoms with van der Waals surface area (Å²) in [5.74, 6) is -1.14. The number of imide groups is 1. The Bertz CT molecular complexity index is 504. The summed E-state index contributed by atoms with van der Waals surface area (Å²) in [6, 6.07) is 5.59. The molecule has 0 aliphatic carbocycles. The first-order chi connectivity index (χ1) is 8.45. The van der Waals surface area contributed by atoms with Gasteiger partial charge in [-0.15, -0.1) is 0 Å². The van der Waals surface area contributed by atoms with E-state index in [9.17, 15) is 14.4 Å². The number of carbonyl (C=O) groups excluding carboxylic acids is 3. The summed E-state index contributed by atoms with van der Waals surface area (Å²) in [5, 5.41) is -0.695. The number of rotatable bonds is 3. The summed E-state index contributed by atoms with van der Waals surface area (Å²) in [6.07, 6.45) is 0. The molecule has 0 saturated heterocycles. The van der Waals surface area contributed by atoms with Crippen molar-refractivity contribution in [2.75, 3.05) is 0 Å². The van der Waals surface area contributed by atoms with Gasteiger partial charge in [0.25, 0.3) is 11.8 Å². The van der Waals surface area contributed by atoms with Crippen LogP contribution in [0.4, 0.5) is 0 Å². The number of amides is 2. The molecule has 0 bridgehead atoms. The molecule has 1 aromatic rings. The van der Waals surface area contributed by atoms with Crippen LogP contribution in [0.15, 0.2) is 24.3 Å². The molecule has 1 atom stereocenters. The molecule has 0 aromatic heterocycles. The van der Waals surface area contributed by atoms with Crippen LogP contribution in [0.3, 0.4) is 0 Å². The highest BCUT2D eigenvalue weighted by molar-refractivity contribution is 6.65. The van der Waals surface area contributed by atoms with Gasteiger partial charge in [-0.2, -0.15) is 0 Å². The van der Waals surface area contributed by atoms with Gasteiger partial charge in [0.15, 0.2) is 0 Å². The molecule has 1 aliphatic heterocycles. The zero-order chi connectivity index (χ0) is 13.4. The molecule has 1 aromatic carbocycles. The highest BCUT2D eigenvalue weighted by Crippen LogP contribution is 2.27. The van der Waals surface area contributed by atoms with Gasteiger partial charge in [-0.3, -0.25) is 19.3 Å². The van der Waals surface area contributed by atoms with Crippen molar-refractivity contribution in [2.45, 2.75) is 19.9 Å². The van der Waals surface area contributed by atoms with Crippen molar-refractivity contribution in [2.24, 2.45) is 5.92 Å². The smallest absolute Gasteiger partial charge is 0.262 e. The van der Waals surface area contributed by atoms with E-state index in [0.29, 0.717) is 11.1 Å². The summed E-state index contributed by atoms with van der Waals surface area (Å²) in [4.78, 5) is 36.7. The summed E-state index contributed by atoms with van der Waals surface area (Å²) in [7, 11) is 0. The predicted molar refractivity (Wildman–Crippen MR) is 66.4 cm³/mol. The van der Waals surface area contributed by atoms with Gasteiger partial charge in [0.05, 0.1) is 11.1 Å². The van der Waals surface area contributed by atoms with Gasteiger partial charge in [0, 0.05) is 0 Å². The van der Waals surface area contributed by atoms with Crippen LogP contribution in [0, 0.1) is 5.92 Å². The molecule has 2 rings (SSSR count). The molecule has 94 valence electrons. The molecule has 5 heteroatoms. The highest BCUT2D eigenvalue weighted by atomic mass is 35.5. The minimum Gasteiger partial charge on any atom is -0.279 e. The quantitative estimate of drug-likeness (QED) is 0.621. The molecule has 2 amide bonds. The van der Waals surface area contributed by atoms with E-state index in [1.54, 1.807) is 38.1 Å². The maximum atomic E-state index is 12.2. The Morgan fingerprint density at radius 3 is 1.89 bits per heavy atom. The molecular weight excluding hydrogens is 254 g/mol. The van der Waals surface area contributed by atoms with E-state index in [1.165, 1.54) is 0 Å². The van der Waals surface area contributed by atoms with Crippen LogP contribution >= 0.6 is 11.6 Å². The topological polar surface area (TPSA) is 54.5 Å². The number of hydrogen-bond acceptors (Lipinski definition) is 3. The van der Waals surface area contributed by atoms with Crippen LogP contribution in [-0.4, -0.2) is 28.0 Å². The van der Waals surface area contributed by atoms with Crippen LogP contribution in [0.5, 0.6) is 0 Å². The Hall–Kier alpha value is -1.68. The molecule has 0 saturated carbocycles. The van der Waals surface area contributed by atoms with Gasteiger partial charge in [0.2, 0.25) is 5.24 Å². The Labute approximate surface area is 110 Å². The van der Waals surface area contributed by atoms with Crippen LogP contribution < -0.4 is 0 Å². The van der Waals surface area contributed by atoms with Gasteiger partial charge in [-0.05, 0) is 29.7 Å². The number of halogens is 1. The van der Waals surface area contributed by atoms with Crippen LogP contribution in [0.2, 0.25) is 0 Å². The van der Waals surface area contributed by atoms with Crippen LogP contribution in [0.1, 0.15) is 34.6 Å². The Balaban J connectivity index is 2.47. The van der Waals surface area contributed by atoms with Gasteiger partial charge in [0.1, 0.15) is 6.04 Å². The van der Waals surface area contributed by atoms with Crippen molar-refractivity contribution < 1.29 is 14.4 Å². The van der Waals surface area contributed by atoms with Gasteiger partial charge < -0.3 is 0 Å². The van der Waals surface area contributed by atoms with Crippen molar-refractivity contribution >= 4 is 28.7 Å². The van der Waals surface area contributed by atoms with Crippen molar-refractivity contribution in [1.82, 2.24) is 4.90 Å². The summed E-state index contributed by atoms with van der Waals surface area (Å²) >= 11 is 5.51. The van der Waals surface area contributed by atoms with E-state index in [-0.39, 0.29) is 5.92 Å². The van der Waals surface area contributed by atoms with Crippen LogP contribution in [-0.2, 0) is 4.79 Å². The minimum atomic E-state index is -0.918. The zero-order valence-corrected chi connectivity index (χ0v) is 10.8. The number of hydrogen-bond donors (Lipinski definition) is 0. The molecule has 4 nitrogen and oxygen atoms in total. The van der Waals surface area contributed by atoms with E-state index in [4.69, 9.17) is 11.6 Å². The second kappa shape index (κ2) is 4.53. The summed E-state index contributed by atoms with van der Waals surface area (Å²) in [6.45, 7) is 3.49. The average molecular weight is 266 g/mol.